The number of aryl methyl sites for hydroxylation is 1. The van der Waals surface area contributed by atoms with Gasteiger partial charge in [0.1, 0.15) is 5.82 Å². The zero-order chi connectivity index (χ0) is 14.3. The molecule has 2 aromatic heterocycles. The minimum absolute atomic E-state index is 0.0311. The van der Waals surface area contributed by atoms with Crippen molar-refractivity contribution in [2.45, 2.75) is 6.92 Å². The average molecular weight is 287 g/mol. The molecule has 1 aromatic carbocycles. The number of rotatable bonds is 2. The van der Waals surface area contributed by atoms with Crippen molar-refractivity contribution in [3.05, 3.63) is 58.9 Å². The van der Waals surface area contributed by atoms with Gasteiger partial charge in [-0.1, -0.05) is 29.8 Å². The highest BCUT2D eigenvalue weighted by molar-refractivity contribution is 6.33. The first kappa shape index (κ1) is 12.7. The van der Waals surface area contributed by atoms with Crippen LogP contribution in [0.25, 0.3) is 16.9 Å². The van der Waals surface area contributed by atoms with Crippen LogP contribution in [-0.2, 0) is 0 Å². The van der Waals surface area contributed by atoms with Gasteiger partial charge in [0.25, 0.3) is 0 Å². The van der Waals surface area contributed by atoms with Crippen LogP contribution in [-0.4, -0.2) is 20.5 Å². The fourth-order valence-corrected chi connectivity index (χ4v) is 2.50. The number of carbonyl (C=O) groups is 1. The van der Waals surface area contributed by atoms with E-state index in [4.69, 9.17) is 11.6 Å². The Balaban J connectivity index is 2.43. The van der Waals surface area contributed by atoms with Crippen molar-refractivity contribution in [3.8, 4) is 11.4 Å². The molecule has 3 aromatic rings. The summed E-state index contributed by atoms with van der Waals surface area (Å²) in [6.07, 6.45) is 0. The Bertz CT molecular complexity index is 824. The molecule has 3 rings (SSSR count). The summed E-state index contributed by atoms with van der Waals surface area (Å²) in [7, 11) is 0. The Kier molecular flexibility index (Phi) is 2.95. The summed E-state index contributed by atoms with van der Waals surface area (Å²) in [6, 6.07) is 12.7. The molecule has 0 spiro atoms. The van der Waals surface area contributed by atoms with Crippen LogP contribution in [0.4, 0.5) is 0 Å². The van der Waals surface area contributed by atoms with E-state index in [9.17, 15) is 9.90 Å². The van der Waals surface area contributed by atoms with Gasteiger partial charge in [-0.2, -0.15) is 0 Å². The van der Waals surface area contributed by atoms with Gasteiger partial charge in [0.2, 0.25) is 0 Å². The number of hydrogen-bond acceptors (Lipinski definition) is 2. The molecule has 4 nitrogen and oxygen atoms in total. The molecular weight excluding hydrogens is 276 g/mol. The molecule has 0 unspecified atom stereocenters. The third kappa shape index (κ3) is 1.85. The zero-order valence-electron chi connectivity index (χ0n) is 10.7. The lowest BCUT2D eigenvalue weighted by atomic mass is 10.2. The summed E-state index contributed by atoms with van der Waals surface area (Å²) < 4.78 is 1.81. The molecule has 2 heterocycles. The molecule has 0 aliphatic heterocycles. The number of pyridine rings is 1. The third-order valence-electron chi connectivity index (χ3n) is 3.17. The summed E-state index contributed by atoms with van der Waals surface area (Å²) in [5, 5.41) is 9.84. The number of benzene rings is 1. The topological polar surface area (TPSA) is 54.6 Å². The molecule has 0 saturated heterocycles. The van der Waals surface area contributed by atoms with Crippen molar-refractivity contribution >= 4 is 23.1 Å². The molecule has 0 amide bonds. The molecule has 0 fully saturated rings. The second kappa shape index (κ2) is 4.65. The zero-order valence-corrected chi connectivity index (χ0v) is 11.4. The molecule has 1 N–H and O–H groups in total. The van der Waals surface area contributed by atoms with Crippen molar-refractivity contribution in [3.63, 3.8) is 0 Å². The van der Waals surface area contributed by atoms with Gasteiger partial charge in [-0.05, 0) is 31.2 Å². The highest BCUT2D eigenvalue weighted by Crippen LogP contribution is 2.29. The minimum atomic E-state index is -1.05. The van der Waals surface area contributed by atoms with Gasteiger partial charge in [-0.15, -0.1) is 0 Å². The van der Waals surface area contributed by atoms with E-state index in [1.54, 1.807) is 12.1 Å². The molecule has 0 atom stereocenters. The minimum Gasteiger partial charge on any atom is -0.476 e. The van der Waals surface area contributed by atoms with Crippen LogP contribution in [0.1, 0.15) is 16.2 Å². The molecule has 5 heteroatoms. The van der Waals surface area contributed by atoms with Gasteiger partial charge in [0.15, 0.2) is 5.69 Å². The second-order valence-electron chi connectivity index (χ2n) is 4.46. The first-order valence-corrected chi connectivity index (χ1v) is 6.43. The monoisotopic (exact) mass is 286 g/mol. The standard InChI is InChI=1S/C15H11ClN2O2/c1-9-5-4-8-12-13(15(19)20)17-14(18(9)12)10-6-2-3-7-11(10)16/h2-8H,1H3,(H,19,20). The van der Waals surface area contributed by atoms with E-state index in [2.05, 4.69) is 4.98 Å². The van der Waals surface area contributed by atoms with Gasteiger partial charge >= 0.3 is 5.97 Å². The Morgan fingerprint density at radius 3 is 2.65 bits per heavy atom. The van der Waals surface area contributed by atoms with E-state index in [0.717, 1.165) is 5.69 Å². The highest BCUT2D eigenvalue weighted by atomic mass is 35.5. The molecule has 0 aliphatic carbocycles. The van der Waals surface area contributed by atoms with Crippen LogP contribution in [0.2, 0.25) is 5.02 Å². The van der Waals surface area contributed by atoms with Gasteiger partial charge in [-0.3, -0.25) is 4.40 Å². The number of aromatic carboxylic acids is 1. The van der Waals surface area contributed by atoms with Crippen LogP contribution < -0.4 is 0 Å². The van der Waals surface area contributed by atoms with Crippen molar-refractivity contribution in [2.75, 3.05) is 0 Å². The number of carboxylic acid groups (broad SMARTS) is 1. The van der Waals surface area contributed by atoms with Crippen LogP contribution in [0.5, 0.6) is 0 Å². The molecule has 0 radical (unpaired) electrons. The fraction of sp³-hybridized carbons (Fsp3) is 0.0667. The quantitative estimate of drug-likeness (QED) is 0.782. The normalized spacial score (nSPS) is 10.9. The number of hydrogen-bond donors (Lipinski definition) is 1. The Labute approximate surface area is 120 Å². The van der Waals surface area contributed by atoms with E-state index in [1.807, 2.05) is 41.7 Å². The first-order valence-electron chi connectivity index (χ1n) is 6.06. The van der Waals surface area contributed by atoms with E-state index in [1.165, 1.54) is 0 Å². The molecule has 0 bridgehead atoms. The summed E-state index contributed by atoms with van der Waals surface area (Å²) in [5.41, 5.74) is 2.21. The summed E-state index contributed by atoms with van der Waals surface area (Å²) in [6.45, 7) is 1.90. The smallest absolute Gasteiger partial charge is 0.356 e. The fourth-order valence-electron chi connectivity index (χ4n) is 2.28. The molecule has 0 aliphatic rings. The van der Waals surface area contributed by atoms with E-state index in [-0.39, 0.29) is 5.69 Å². The van der Waals surface area contributed by atoms with Crippen molar-refractivity contribution in [1.82, 2.24) is 9.38 Å². The summed E-state index contributed by atoms with van der Waals surface area (Å²) in [5.74, 6) is -0.507. The lowest BCUT2D eigenvalue weighted by Crippen LogP contribution is -1.97. The number of aromatic nitrogens is 2. The lowest BCUT2D eigenvalue weighted by Gasteiger charge is -2.06. The SMILES string of the molecule is Cc1cccc2c(C(=O)O)nc(-c3ccccc3Cl)n12. The predicted molar refractivity (Wildman–Crippen MR) is 77.3 cm³/mol. The van der Waals surface area contributed by atoms with E-state index >= 15 is 0 Å². The molecule has 100 valence electrons. The summed E-state index contributed by atoms with van der Waals surface area (Å²) in [4.78, 5) is 15.6. The van der Waals surface area contributed by atoms with Crippen LogP contribution in [0.3, 0.4) is 0 Å². The van der Waals surface area contributed by atoms with E-state index in [0.29, 0.717) is 21.9 Å². The first-order chi connectivity index (χ1) is 9.59. The van der Waals surface area contributed by atoms with Crippen LogP contribution in [0, 0.1) is 6.92 Å². The average Bonchev–Trinajstić information content (AvgIpc) is 2.80. The van der Waals surface area contributed by atoms with Crippen LogP contribution >= 0.6 is 11.6 Å². The summed E-state index contributed by atoms with van der Waals surface area (Å²) >= 11 is 6.20. The molecule has 20 heavy (non-hydrogen) atoms. The Hall–Kier alpha value is -2.33. The predicted octanol–water partition coefficient (Wildman–Crippen LogP) is 3.66. The third-order valence-corrected chi connectivity index (χ3v) is 3.50. The second-order valence-corrected chi connectivity index (χ2v) is 4.86. The van der Waals surface area contributed by atoms with Crippen molar-refractivity contribution in [1.29, 1.82) is 0 Å². The number of carboxylic acids is 1. The maximum absolute atomic E-state index is 11.3. The van der Waals surface area contributed by atoms with Gasteiger partial charge < -0.3 is 5.11 Å². The number of fused-ring (bicyclic) bond motifs is 1. The van der Waals surface area contributed by atoms with Gasteiger partial charge in [-0.25, -0.2) is 9.78 Å². The van der Waals surface area contributed by atoms with Crippen LogP contribution in [0.15, 0.2) is 42.5 Å². The molecule has 0 saturated carbocycles. The maximum atomic E-state index is 11.3. The Morgan fingerprint density at radius 1 is 1.20 bits per heavy atom. The number of halogens is 1. The Morgan fingerprint density at radius 2 is 1.95 bits per heavy atom. The van der Waals surface area contributed by atoms with Crippen molar-refractivity contribution < 1.29 is 9.90 Å². The lowest BCUT2D eigenvalue weighted by molar-refractivity contribution is 0.0693. The maximum Gasteiger partial charge on any atom is 0.356 e. The van der Waals surface area contributed by atoms with Crippen molar-refractivity contribution in [2.24, 2.45) is 0 Å². The molecular formula is C15H11ClN2O2. The number of imidazole rings is 1. The van der Waals surface area contributed by atoms with Gasteiger partial charge in [0, 0.05) is 11.3 Å². The largest absolute Gasteiger partial charge is 0.476 e. The highest BCUT2D eigenvalue weighted by Gasteiger charge is 2.19. The van der Waals surface area contributed by atoms with Gasteiger partial charge in [0.05, 0.1) is 10.5 Å². The number of nitrogens with zero attached hydrogens (tertiary/aromatic N) is 2. The van der Waals surface area contributed by atoms with E-state index < -0.39 is 5.97 Å².